The van der Waals surface area contributed by atoms with Gasteiger partial charge in [-0.25, -0.2) is 18.4 Å². The molecule has 0 radical (unpaired) electrons. The van der Waals surface area contributed by atoms with Gasteiger partial charge in [-0.1, -0.05) is 48.0 Å². The molecule has 0 amide bonds. The average Bonchev–Trinajstić information content (AvgIpc) is 2.75. The first kappa shape index (κ1) is 21.9. The van der Waals surface area contributed by atoms with E-state index in [4.69, 9.17) is 17.3 Å². The Hall–Kier alpha value is -2.81. The number of hydrogen-bond acceptors (Lipinski definition) is 4. The lowest BCUT2D eigenvalue weighted by Gasteiger charge is -2.24. The fourth-order valence-corrected chi connectivity index (χ4v) is 4.66. The number of pyridine rings is 1. The van der Waals surface area contributed by atoms with Crippen LogP contribution in [0.1, 0.15) is 12.5 Å². The quantitative estimate of drug-likeness (QED) is 0.462. The van der Waals surface area contributed by atoms with Crippen molar-refractivity contribution in [3.05, 3.63) is 65.3 Å². The second-order valence-corrected chi connectivity index (χ2v) is 9.23. The molecule has 7 nitrogen and oxygen atoms in total. The zero-order chi connectivity index (χ0) is 21.9. The van der Waals surface area contributed by atoms with Gasteiger partial charge in [0.1, 0.15) is 0 Å². The number of halogens is 1. The summed E-state index contributed by atoms with van der Waals surface area (Å²) in [4.78, 5) is 11.9. The fraction of sp³-hybridized carbons (Fsp3) is 0.190. The van der Waals surface area contributed by atoms with Gasteiger partial charge in [-0.15, -0.1) is 0 Å². The highest BCUT2D eigenvalue weighted by Gasteiger charge is 2.26. The van der Waals surface area contributed by atoms with Gasteiger partial charge >= 0.3 is 0 Å². The van der Waals surface area contributed by atoms with Crippen molar-refractivity contribution in [2.24, 2.45) is 15.7 Å². The zero-order valence-corrected chi connectivity index (χ0v) is 18.2. The molecule has 0 aliphatic heterocycles. The first-order chi connectivity index (χ1) is 14.2. The van der Waals surface area contributed by atoms with Gasteiger partial charge in [0.15, 0.2) is 5.82 Å². The summed E-state index contributed by atoms with van der Waals surface area (Å²) in [5.41, 5.74) is 6.70. The number of fused-ring (bicyclic) bond motifs is 1. The molecule has 1 aromatic heterocycles. The lowest BCUT2D eigenvalue weighted by atomic mass is 10.1. The van der Waals surface area contributed by atoms with Crippen LogP contribution in [0.4, 0.5) is 5.82 Å². The van der Waals surface area contributed by atoms with Crippen LogP contribution in [0.15, 0.2) is 69.6 Å². The monoisotopic (exact) mass is 443 g/mol. The van der Waals surface area contributed by atoms with Gasteiger partial charge in [0.05, 0.1) is 9.92 Å². The van der Waals surface area contributed by atoms with Crippen LogP contribution >= 0.6 is 11.6 Å². The van der Waals surface area contributed by atoms with Crippen LogP contribution in [-0.4, -0.2) is 43.5 Å². The Morgan fingerprint density at radius 2 is 1.93 bits per heavy atom. The summed E-state index contributed by atoms with van der Waals surface area (Å²) in [6, 6.07) is 14.2. The standard InChI is InChI=1S/C21H22ClN5O2S/c1-14(11-15-7-5-4-6-8-15)27(3)30(28,29)16-9-10-17-18(12-16)20(25-13-19(17)22)26-21(23)24-2/h4-10,12-14H,2,11H2,1,3H3,(H2,23,25,26)/t14-/m1/s1. The Balaban J connectivity index is 2.02. The smallest absolute Gasteiger partial charge is 0.243 e. The molecule has 2 N–H and O–H groups in total. The summed E-state index contributed by atoms with van der Waals surface area (Å²) in [5.74, 6) is 0.143. The van der Waals surface area contributed by atoms with E-state index < -0.39 is 10.0 Å². The third kappa shape index (κ3) is 4.51. The summed E-state index contributed by atoms with van der Waals surface area (Å²) in [6.45, 7) is 5.20. The second kappa shape index (κ2) is 8.91. The van der Waals surface area contributed by atoms with Crippen molar-refractivity contribution in [3.63, 3.8) is 0 Å². The van der Waals surface area contributed by atoms with Gasteiger partial charge in [0.2, 0.25) is 16.0 Å². The molecule has 0 saturated heterocycles. The Labute approximate surface area is 181 Å². The number of benzene rings is 2. The van der Waals surface area contributed by atoms with Gasteiger partial charge < -0.3 is 5.73 Å². The number of rotatable bonds is 6. The van der Waals surface area contributed by atoms with Gasteiger partial charge in [-0.05, 0) is 37.8 Å². The molecule has 0 aliphatic carbocycles. The molecule has 0 saturated carbocycles. The maximum absolute atomic E-state index is 13.3. The molecule has 156 valence electrons. The molecule has 0 fully saturated rings. The minimum atomic E-state index is -3.77. The van der Waals surface area contributed by atoms with Crippen molar-refractivity contribution < 1.29 is 8.42 Å². The van der Waals surface area contributed by atoms with Crippen molar-refractivity contribution in [3.8, 4) is 0 Å². The molecule has 1 heterocycles. The second-order valence-electron chi connectivity index (χ2n) is 6.83. The van der Waals surface area contributed by atoms with Gasteiger partial charge in [-0.2, -0.15) is 9.30 Å². The van der Waals surface area contributed by atoms with Crippen LogP contribution < -0.4 is 5.73 Å². The van der Waals surface area contributed by atoms with Crippen LogP contribution in [0, 0.1) is 0 Å². The number of nitrogens with zero attached hydrogens (tertiary/aromatic N) is 4. The molecule has 2 aromatic carbocycles. The number of aromatic nitrogens is 1. The molecular weight excluding hydrogens is 422 g/mol. The number of nitrogens with two attached hydrogens (primary N) is 1. The zero-order valence-electron chi connectivity index (χ0n) is 16.7. The topological polar surface area (TPSA) is 101 Å². The molecule has 0 spiro atoms. The van der Waals surface area contributed by atoms with E-state index in [1.807, 2.05) is 37.3 Å². The molecule has 0 unspecified atom stereocenters. The van der Waals surface area contributed by atoms with Crippen molar-refractivity contribution in [2.75, 3.05) is 7.05 Å². The van der Waals surface area contributed by atoms with Crippen molar-refractivity contribution in [1.29, 1.82) is 0 Å². The van der Waals surface area contributed by atoms with E-state index in [1.165, 1.54) is 22.6 Å². The Morgan fingerprint density at radius 3 is 2.60 bits per heavy atom. The van der Waals surface area contributed by atoms with Crippen molar-refractivity contribution in [1.82, 2.24) is 9.29 Å². The van der Waals surface area contributed by atoms with Crippen molar-refractivity contribution >= 4 is 50.9 Å². The van der Waals surface area contributed by atoms with Crippen LogP contribution in [0.3, 0.4) is 0 Å². The Morgan fingerprint density at radius 1 is 1.23 bits per heavy atom. The van der Waals surface area contributed by atoms with Crippen LogP contribution in [0.25, 0.3) is 10.8 Å². The van der Waals surface area contributed by atoms with Crippen LogP contribution in [0.5, 0.6) is 0 Å². The minimum absolute atomic E-state index is 0.0759. The van der Waals surface area contributed by atoms with E-state index >= 15 is 0 Å². The van der Waals surface area contributed by atoms with E-state index in [1.54, 1.807) is 13.1 Å². The first-order valence-electron chi connectivity index (χ1n) is 9.15. The van der Waals surface area contributed by atoms with Gasteiger partial charge in [0.25, 0.3) is 0 Å². The molecule has 1 atom stereocenters. The SMILES string of the molecule is C=NC(N)=Nc1ncc(Cl)c2ccc(S(=O)(=O)N(C)[C@H](C)Cc3ccccc3)cc12. The fourth-order valence-electron chi connectivity index (χ4n) is 3.05. The summed E-state index contributed by atoms with van der Waals surface area (Å²) in [5, 5.41) is 1.45. The lowest BCUT2D eigenvalue weighted by Crippen LogP contribution is -2.36. The highest BCUT2D eigenvalue weighted by molar-refractivity contribution is 7.89. The number of guanidine groups is 1. The van der Waals surface area contributed by atoms with E-state index in [2.05, 4.69) is 21.7 Å². The summed E-state index contributed by atoms with van der Waals surface area (Å²) in [6.07, 6.45) is 2.02. The number of hydrogen-bond donors (Lipinski definition) is 1. The van der Waals surface area contributed by atoms with E-state index in [0.29, 0.717) is 22.2 Å². The predicted octanol–water partition coefficient (Wildman–Crippen LogP) is 3.79. The normalized spacial score (nSPS) is 13.5. The summed E-state index contributed by atoms with van der Waals surface area (Å²) in [7, 11) is -2.19. The Bertz CT molecular complexity index is 1210. The summed E-state index contributed by atoms with van der Waals surface area (Å²) >= 11 is 6.23. The molecule has 3 aromatic rings. The first-order valence-corrected chi connectivity index (χ1v) is 11.0. The van der Waals surface area contributed by atoms with Gasteiger partial charge in [-0.3, -0.25) is 0 Å². The molecule has 0 bridgehead atoms. The molecule has 30 heavy (non-hydrogen) atoms. The molecule has 3 rings (SSSR count). The largest absolute Gasteiger partial charge is 0.368 e. The maximum atomic E-state index is 13.3. The third-order valence-electron chi connectivity index (χ3n) is 4.84. The van der Waals surface area contributed by atoms with E-state index in [9.17, 15) is 8.42 Å². The lowest BCUT2D eigenvalue weighted by molar-refractivity contribution is 0.387. The highest BCUT2D eigenvalue weighted by Crippen LogP contribution is 2.32. The number of aliphatic imine (C=N–C) groups is 2. The number of sulfonamides is 1. The number of likely N-dealkylation sites (N-methyl/N-ethyl adjacent to an activating group) is 1. The van der Waals surface area contributed by atoms with E-state index in [0.717, 1.165) is 5.56 Å². The predicted molar refractivity (Wildman–Crippen MR) is 122 cm³/mol. The molecule has 0 aliphatic rings. The molecular formula is C21H22ClN5O2S. The van der Waals surface area contributed by atoms with Crippen LogP contribution in [-0.2, 0) is 16.4 Å². The van der Waals surface area contributed by atoms with Crippen LogP contribution in [0.2, 0.25) is 5.02 Å². The third-order valence-corrected chi connectivity index (χ3v) is 7.11. The average molecular weight is 444 g/mol. The summed E-state index contributed by atoms with van der Waals surface area (Å²) < 4.78 is 27.9. The highest BCUT2D eigenvalue weighted by atomic mass is 35.5. The minimum Gasteiger partial charge on any atom is -0.368 e. The Kier molecular flexibility index (Phi) is 6.50. The molecule has 9 heteroatoms. The van der Waals surface area contributed by atoms with Crippen molar-refractivity contribution in [2.45, 2.75) is 24.3 Å². The van der Waals surface area contributed by atoms with E-state index in [-0.39, 0.29) is 22.7 Å². The maximum Gasteiger partial charge on any atom is 0.243 e. The van der Waals surface area contributed by atoms with Gasteiger partial charge in [0, 0.05) is 30.1 Å².